The summed E-state index contributed by atoms with van der Waals surface area (Å²) in [6, 6.07) is 3.47. The number of nitrogens with zero attached hydrogens (tertiary/aromatic N) is 7. The van der Waals surface area contributed by atoms with Gasteiger partial charge in [0.1, 0.15) is 17.2 Å². The van der Waals surface area contributed by atoms with Crippen molar-refractivity contribution in [3.05, 3.63) is 41.4 Å². The zero-order chi connectivity index (χ0) is 20.3. The summed E-state index contributed by atoms with van der Waals surface area (Å²) < 4.78 is 36.1. The van der Waals surface area contributed by atoms with Crippen LogP contribution in [0.5, 0.6) is 0 Å². The van der Waals surface area contributed by atoms with Gasteiger partial charge in [-0.2, -0.15) is 9.40 Å². The molecular weight excluding hydrogens is 382 g/mol. The Labute approximate surface area is 164 Å². The van der Waals surface area contributed by atoms with Gasteiger partial charge in [0, 0.05) is 13.6 Å². The Hall–Kier alpha value is -2.53. The number of hydrogen-bond acceptors (Lipinski definition) is 7. The third-order valence-corrected chi connectivity index (χ3v) is 6.62. The van der Waals surface area contributed by atoms with Gasteiger partial charge in [-0.25, -0.2) is 13.1 Å². The summed E-state index contributed by atoms with van der Waals surface area (Å²) in [5, 5.41) is 16.2. The molecule has 0 aliphatic carbocycles. The van der Waals surface area contributed by atoms with Gasteiger partial charge in [-0.15, -0.1) is 5.10 Å². The zero-order valence-corrected chi connectivity index (χ0v) is 17.3. The van der Waals surface area contributed by atoms with Crippen LogP contribution in [-0.2, 0) is 29.7 Å². The van der Waals surface area contributed by atoms with E-state index in [0.717, 1.165) is 19.4 Å². The first-order valence-corrected chi connectivity index (χ1v) is 10.6. The third kappa shape index (κ3) is 3.99. The number of rotatable bonds is 9. The highest BCUT2D eigenvalue weighted by molar-refractivity contribution is 7.89. The standard InChI is InChI=1S/C17H25N7O3S/c1-5-6-9-23-16(18-20-21-23)12-24-14(3)17(13(2)19-24)28(25,26)22(4)11-15-8-7-10-27-15/h7-8,10H,5-6,9,11-12H2,1-4H3. The quantitative estimate of drug-likeness (QED) is 0.531. The SMILES string of the molecule is CCCCn1nnnc1Cn1nc(C)c(S(=O)(=O)N(C)Cc2ccco2)c1C. The molecule has 11 heteroatoms. The molecule has 0 radical (unpaired) electrons. The second kappa shape index (κ2) is 8.23. The van der Waals surface area contributed by atoms with Crippen LogP contribution in [0.4, 0.5) is 0 Å². The van der Waals surface area contributed by atoms with Gasteiger partial charge in [-0.3, -0.25) is 4.68 Å². The summed E-state index contributed by atoms with van der Waals surface area (Å²) in [6.45, 7) is 6.71. The first kappa shape index (κ1) is 20.2. The molecule has 0 aliphatic heterocycles. The highest BCUT2D eigenvalue weighted by Crippen LogP contribution is 2.24. The van der Waals surface area contributed by atoms with Gasteiger partial charge in [0.05, 0.1) is 24.2 Å². The van der Waals surface area contributed by atoms with Gasteiger partial charge in [-0.05, 0) is 42.8 Å². The maximum absolute atomic E-state index is 13.1. The molecule has 0 fully saturated rings. The van der Waals surface area contributed by atoms with Crippen molar-refractivity contribution in [2.24, 2.45) is 0 Å². The minimum absolute atomic E-state index is 0.147. The van der Waals surface area contributed by atoms with E-state index in [1.807, 2.05) is 0 Å². The average molecular weight is 408 g/mol. The Morgan fingerprint density at radius 2 is 2.04 bits per heavy atom. The lowest BCUT2D eigenvalue weighted by atomic mass is 10.3. The number of furan rings is 1. The molecule has 0 aliphatic rings. The lowest BCUT2D eigenvalue weighted by Gasteiger charge is -2.16. The van der Waals surface area contributed by atoms with Crippen molar-refractivity contribution in [1.82, 2.24) is 34.3 Å². The van der Waals surface area contributed by atoms with E-state index in [0.29, 0.717) is 29.5 Å². The molecule has 0 saturated heterocycles. The van der Waals surface area contributed by atoms with E-state index in [9.17, 15) is 8.42 Å². The highest BCUT2D eigenvalue weighted by Gasteiger charge is 2.29. The predicted molar refractivity (Wildman–Crippen MR) is 101 cm³/mol. The van der Waals surface area contributed by atoms with E-state index in [4.69, 9.17) is 4.42 Å². The third-order valence-electron chi connectivity index (χ3n) is 4.56. The van der Waals surface area contributed by atoms with Crippen LogP contribution in [-0.4, -0.2) is 49.8 Å². The molecule has 3 heterocycles. The minimum atomic E-state index is -3.73. The Morgan fingerprint density at radius 3 is 2.71 bits per heavy atom. The molecule has 0 aromatic carbocycles. The summed E-state index contributed by atoms with van der Waals surface area (Å²) >= 11 is 0. The Kier molecular flexibility index (Phi) is 5.94. The Balaban J connectivity index is 1.86. The molecule has 0 saturated carbocycles. The average Bonchev–Trinajstić information content (AvgIpc) is 3.36. The number of tetrazole rings is 1. The molecule has 0 N–H and O–H groups in total. The van der Waals surface area contributed by atoms with Crippen LogP contribution in [0.3, 0.4) is 0 Å². The van der Waals surface area contributed by atoms with Gasteiger partial charge in [0.2, 0.25) is 10.0 Å². The van der Waals surface area contributed by atoms with Gasteiger partial charge < -0.3 is 4.42 Å². The topological polar surface area (TPSA) is 112 Å². The number of aryl methyl sites for hydroxylation is 2. The molecule has 28 heavy (non-hydrogen) atoms. The maximum Gasteiger partial charge on any atom is 0.246 e. The van der Waals surface area contributed by atoms with Crippen molar-refractivity contribution in [3.63, 3.8) is 0 Å². The zero-order valence-electron chi connectivity index (χ0n) is 16.5. The van der Waals surface area contributed by atoms with Gasteiger partial charge >= 0.3 is 0 Å². The molecule has 3 rings (SSSR count). The number of sulfonamides is 1. The van der Waals surface area contributed by atoms with Gasteiger partial charge in [0.25, 0.3) is 0 Å². The number of aromatic nitrogens is 6. The fourth-order valence-corrected chi connectivity index (χ4v) is 4.52. The largest absolute Gasteiger partial charge is 0.468 e. The van der Waals surface area contributed by atoms with E-state index >= 15 is 0 Å². The second-order valence-corrected chi connectivity index (χ2v) is 8.65. The van der Waals surface area contributed by atoms with Crippen molar-refractivity contribution in [2.75, 3.05) is 7.05 Å². The summed E-state index contributed by atoms with van der Waals surface area (Å²) in [5.74, 6) is 1.22. The molecule has 0 amide bonds. The van der Waals surface area contributed by atoms with Crippen molar-refractivity contribution >= 4 is 10.0 Å². The number of unbranched alkanes of at least 4 members (excludes halogenated alkanes) is 1. The van der Waals surface area contributed by atoms with E-state index in [1.54, 1.807) is 35.3 Å². The number of hydrogen-bond donors (Lipinski definition) is 0. The van der Waals surface area contributed by atoms with Crippen LogP contribution in [0, 0.1) is 13.8 Å². The van der Waals surface area contributed by atoms with Gasteiger partial charge in [-0.1, -0.05) is 13.3 Å². The smallest absolute Gasteiger partial charge is 0.246 e. The Morgan fingerprint density at radius 1 is 1.25 bits per heavy atom. The summed E-state index contributed by atoms with van der Waals surface area (Å²) in [4.78, 5) is 0.203. The molecule has 3 aromatic rings. The van der Waals surface area contributed by atoms with Crippen molar-refractivity contribution < 1.29 is 12.8 Å². The lowest BCUT2D eigenvalue weighted by molar-refractivity contribution is 0.406. The fraction of sp³-hybridized carbons (Fsp3) is 0.529. The Bertz CT molecular complexity index is 1020. The maximum atomic E-state index is 13.1. The van der Waals surface area contributed by atoms with Crippen LogP contribution >= 0.6 is 0 Å². The molecule has 0 bridgehead atoms. The molecular formula is C17H25N7O3S. The first-order chi connectivity index (χ1) is 13.3. The van der Waals surface area contributed by atoms with Crippen LogP contribution in [0.1, 0.15) is 42.7 Å². The van der Waals surface area contributed by atoms with Crippen LogP contribution in [0.15, 0.2) is 27.7 Å². The second-order valence-electron chi connectivity index (χ2n) is 6.67. The first-order valence-electron chi connectivity index (χ1n) is 9.12. The molecule has 3 aromatic heterocycles. The molecule has 152 valence electrons. The summed E-state index contributed by atoms with van der Waals surface area (Å²) in [7, 11) is -2.20. The van der Waals surface area contributed by atoms with Crippen LogP contribution in [0.25, 0.3) is 0 Å². The fourth-order valence-electron chi connectivity index (χ4n) is 3.02. The van der Waals surface area contributed by atoms with E-state index < -0.39 is 10.0 Å². The predicted octanol–water partition coefficient (Wildman–Crippen LogP) is 1.75. The van der Waals surface area contributed by atoms with Crippen LogP contribution < -0.4 is 0 Å². The summed E-state index contributed by atoms with van der Waals surface area (Å²) in [5.41, 5.74) is 0.991. The molecule has 0 spiro atoms. The normalized spacial score (nSPS) is 12.2. The molecule has 10 nitrogen and oxygen atoms in total. The highest BCUT2D eigenvalue weighted by atomic mass is 32.2. The van der Waals surface area contributed by atoms with E-state index in [1.165, 1.54) is 17.6 Å². The molecule has 0 unspecified atom stereocenters. The molecule has 0 atom stereocenters. The van der Waals surface area contributed by atoms with E-state index in [2.05, 4.69) is 27.5 Å². The van der Waals surface area contributed by atoms with Gasteiger partial charge in [0.15, 0.2) is 5.82 Å². The lowest BCUT2D eigenvalue weighted by Crippen LogP contribution is -2.27. The van der Waals surface area contributed by atoms with E-state index in [-0.39, 0.29) is 11.4 Å². The van der Waals surface area contributed by atoms with Crippen molar-refractivity contribution in [1.29, 1.82) is 0 Å². The van der Waals surface area contributed by atoms with Crippen molar-refractivity contribution in [3.8, 4) is 0 Å². The van der Waals surface area contributed by atoms with Crippen LogP contribution in [0.2, 0.25) is 0 Å². The minimum Gasteiger partial charge on any atom is -0.468 e. The summed E-state index contributed by atoms with van der Waals surface area (Å²) in [6.07, 6.45) is 3.52. The van der Waals surface area contributed by atoms with Crippen molar-refractivity contribution in [2.45, 2.75) is 58.1 Å². The monoisotopic (exact) mass is 407 g/mol.